The zero-order chi connectivity index (χ0) is 11.9. The molecule has 17 heavy (non-hydrogen) atoms. The lowest BCUT2D eigenvalue weighted by Gasteiger charge is -2.11. The van der Waals surface area contributed by atoms with Crippen LogP contribution in [0.25, 0.3) is 0 Å². The highest BCUT2D eigenvalue weighted by atomic mass is 16.5. The quantitative estimate of drug-likeness (QED) is 0.821. The van der Waals surface area contributed by atoms with Crippen molar-refractivity contribution in [2.24, 2.45) is 5.92 Å². The van der Waals surface area contributed by atoms with Gasteiger partial charge in [0.15, 0.2) is 0 Å². The van der Waals surface area contributed by atoms with Crippen molar-refractivity contribution in [2.75, 3.05) is 26.3 Å². The van der Waals surface area contributed by atoms with E-state index in [1.54, 1.807) is 0 Å². The molecule has 1 aromatic rings. The fourth-order valence-corrected chi connectivity index (χ4v) is 1.92. The summed E-state index contributed by atoms with van der Waals surface area (Å²) >= 11 is 0. The lowest BCUT2D eigenvalue weighted by Crippen LogP contribution is -2.15. The van der Waals surface area contributed by atoms with E-state index in [-0.39, 0.29) is 0 Å². The highest BCUT2D eigenvalue weighted by Crippen LogP contribution is 2.19. The lowest BCUT2D eigenvalue weighted by molar-refractivity contribution is 0.259. The predicted octanol–water partition coefficient (Wildman–Crippen LogP) is 2.46. The van der Waals surface area contributed by atoms with Crippen LogP contribution in [-0.2, 0) is 0 Å². The van der Waals surface area contributed by atoms with E-state index < -0.39 is 0 Å². The molecule has 3 heteroatoms. The maximum atomic E-state index is 5.75. The molecule has 1 aromatic carbocycles. The van der Waals surface area contributed by atoms with Gasteiger partial charge in [-0.3, -0.25) is 0 Å². The Hall–Kier alpha value is -1.22. The largest absolute Gasteiger partial charge is 0.494 e. The Bertz CT molecular complexity index is 317. The van der Waals surface area contributed by atoms with Crippen LogP contribution in [0.1, 0.15) is 19.8 Å². The van der Waals surface area contributed by atoms with Gasteiger partial charge >= 0.3 is 0 Å². The molecule has 1 N–H and O–H groups in total. The fraction of sp³-hybridized carbons (Fsp3) is 0.571. The van der Waals surface area contributed by atoms with Crippen LogP contribution in [0.4, 0.5) is 0 Å². The molecule has 0 amide bonds. The van der Waals surface area contributed by atoms with Crippen molar-refractivity contribution < 1.29 is 9.47 Å². The van der Waals surface area contributed by atoms with E-state index in [1.807, 2.05) is 24.3 Å². The highest BCUT2D eigenvalue weighted by Gasteiger charge is 2.14. The summed E-state index contributed by atoms with van der Waals surface area (Å²) < 4.78 is 11.3. The average Bonchev–Trinajstić information content (AvgIpc) is 2.88. The number of ether oxygens (including phenoxy) is 2. The van der Waals surface area contributed by atoms with Gasteiger partial charge in [0.2, 0.25) is 0 Å². The predicted molar refractivity (Wildman–Crippen MR) is 68.7 cm³/mol. The van der Waals surface area contributed by atoms with E-state index in [0.29, 0.717) is 5.92 Å². The molecule has 1 heterocycles. The first-order chi connectivity index (χ1) is 8.38. The van der Waals surface area contributed by atoms with Crippen molar-refractivity contribution in [1.29, 1.82) is 0 Å². The van der Waals surface area contributed by atoms with Gasteiger partial charge in [-0.05, 0) is 43.7 Å². The average molecular weight is 235 g/mol. The van der Waals surface area contributed by atoms with Crippen LogP contribution in [0.3, 0.4) is 0 Å². The van der Waals surface area contributed by atoms with E-state index in [1.165, 1.54) is 6.42 Å². The molecule has 1 fully saturated rings. The number of nitrogens with one attached hydrogen (secondary N) is 1. The van der Waals surface area contributed by atoms with E-state index in [0.717, 1.165) is 44.2 Å². The molecule has 0 spiro atoms. The second-order valence-corrected chi connectivity index (χ2v) is 4.49. The van der Waals surface area contributed by atoms with Crippen molar-refractivity contribution >= 4 is 0 Å². The molecule has 0 radical (unpaired) electrons. The summed E-state index contributed by atoms with van der Waals surface area (Å²) in [6, 6.07) is 7.90. The van der Waals surface area contributed by atoms with E-state index in [9.17, 15) is 0 Å². The first kappa shape index (κ1) is 12.2. The standard InChI is InChI=1S/C14H21NO2/c1-2-9-16-13-3-5-14(6-4-13)17-11-12-7-8-15-10-12/h3-6,12,15H,2,7-11H2,1H3/t12-/m1/s1. The first-order valence-corrected chi connectivity index (χ1v) is 6.45. The Balaban J connectivity index is 1.76. The van der Waals surface area contributed by atoms with Crippen LogP contribution < -0.4 is 14.8 Å². The monoisotopic (exact) mass is 235 g/mol. The number of hydrogen-bond donors (Lipinski definition) is 1. The zero-order valence-corrected chi connectivity index (χ0v) is 10.4. The third kappa shape index (κ3) is 3.93. The van der Waals surface area contributed by atoms with Gasteiger partial charge < -0.3 is 14.8 Å². The summed E-state index contributed by atoms with van der Waals surface area (Å²) in [5, 5.41) is 3.34. The summed E-state index contributed by atoms with van der Waals surface area (Å²) in [5.41, 5.74) is 0. The number of benzene rings is 1. The number of rotatable bonds is 6. The summed E-state index contributed by atoms with van der Waals surface area (Å²) in [6.45, 7) is 5.89. The van der Waals surface area contributed by atoms with Crippen LogP contribution in [0.2, 0.25) is 0 Å². The molecule has 1 atom stereocenters. The zero-order valence-electron chi connectivity index (χ0n) is 10.4. The van der Waals surface area contributed by atoms with Gasteiger partial charge in [-0.25, -0.2) is 0 Å². The molecule has 0 bridgehead atoms. The molecule has 1 aliphatic heterocycles. The van der Waals surface area contributed by atoms with Gasteiger partial charge in [-0.2, -0.15) is 0 Å². The summed E-state index contributed by atoms with van der Waals surface area (Å²) in [5.74, 6) is 2.51. The van der Waals surface area contributed by atoms with Gasteiger partial charge in [0.25, 0.3) is 0 Å². The third-order valence-electron chi connectivity index (χ3n) is 2.94. The molecular weight excluding hydrogens is 214 g/mol. The molecule has 1 saturated heterocycles. The van der Waals surface area contributed by atoms with E-state index >= 15 is 0 Å². The summed E-state index contributed by atoms with van der Waals surface area (Å²) in [6.07, 6.45) is 2.25. The molecular formula is C14H21NO2. The van der Waals surface area contributed by atoms with Crippen molar-refractivity contribution in [3.8, 4) is 11.5 Å². The third-order valence-corrected chi connectivity index (χ3v) is 2.94. The number of hydrogen-bond acceptors (Lipinski definition) is 3. The van der Waals surface area contributed by atoms with E-state index in [4.69, 9.17) is 9.47 Å². The minimum Gasteiger partial charge on any atom is -0.494 e. The van der Waals surface area contributed by atoms with Gasteiger partial charge in [-0.15, -0.1) is 0 Å². The summed E-state index contributed by atoms with van der Waals surface area (Å²) in [4.78, 5) is 0. The molecule has 3 nitrogen and oxygen atoms in total. The Labute approximate surface area is 103 Å². The molecule has 0 aliphatic carbocycles. The Morgan fingerprint density at radius 3 is 2.47 bits per heavy atom. The van der Waals surface area contributed by atoms with Crippen molar-refractivity contribution in [2.45, 2.75) is 19.8 Å². The summed E-state index contributed by atoms with van der Waals surface area (Å²) in [7, 11) is 0. The van der Waals surface area contributed by atoms with Gasteiger partial charge in [0.1, 0.15) is 11.5 Å². The molecule has 94 valence electrons. The van der Waals surface area contributed by atoms with Crippen molar-refractivity contribution in [1.82, 2.24) is 5.32 Å². The maximum Gasteiger partial charge on any atom is 0.119 e. The minimum atomic E-state index is 0.658. The second kappa shape index (κ2) is 6.50. The maximum absolute atomic E-state index is 5.75. The van der Waals surface area contributed by atoms with Crippen molar-refractivity contribution in [3.63, 3.8) is 0 Å². The molecule has 0 saturated carbocycles. The van der Waals surface area contributed by atoms with Crippen LogP contribution in [0, 0.1) is 5.92 Å². The van der Waals surface area contributed by atoms with Crippen LogP contribution in [-0.4, -0.2) is 26.3 Å². The fourth-order valence-electron chi connectivity index (χ4n) is 1.92. The Kier molecular flexibility index (Phi) is 4.68. The molecule has 0 unspecified atom stereocenters. The smallest absolute Gasteiger partial charge is 0.119 e. The Morgan fingerprint density at radius 1 is 1.18 bits per heavy atom. The van der Waals surface area contributed by atoms with Gasteiger partial charge in [0, 0.05) is 12.5 Å². The molecule has 2 rings (SSSR count). The van der Waals surface area contributed by atoms with Crippen molar-refractivity contribution in [3.05, 3.63) is 24.3 Å². The highest BCUT2D eigenvalue weighted by molar-refractivity contribution is 5.31. The normalized spacial score (nSPS) is 19.2. The Morgan fingerprint density at radius 2 is 1.88 bits per heavy atom. The first-order valence-electron chi connectivity index (χ1n) is 6.45. The molecule has 1 aliphatic rings. The van der Waals surface area contributed by atoms with E-state index in [2.05, 4.69) is 12.2 Å². The second-order valence-electron chi connectivity index (χ2n) is 4.49. The van der Waals surface area contributed by atoms with Crippen LogP contribution in [0.15, 0.2) is 24.3 Å². The minimum absolute atomic E-state index is 0.658. The SMILES string of the molecule is CCCOc1ccc(OC[C@@H]2CCNC2)cc1. The van der Waals surface area contributed by atoms with Gasteiger partial charge in [0.05, 0.1) is 13.2 Å². The van der Waals surface area contributed by atoms with Crippen LogP contribution in [0.5, 0.6) is 11.5 Å². The van der Waals surface area contributed by atoms with Gasteiger partial charge in [-0.1, -0.05) is 6.92 Å². The molecule has 0 aromatic heterocycles. The lowest BCUT2D eigenvalue weighted by atomic mass is 10.1. The van der Waals surface area contributed by atoms with Crippen LogP contribution >= 0.6 is 0 Å². The topological polar surface area (TPSA) is 30.5 Å².